The molecule has 2 aromatic rings. The minimum Gasteiger partial charge on any atom is -0.330 e. The van der Waals surface area contributed by atoms with Crippen molar-refractivity contribution < 1.29 is 9.59 Å². The zero-order valence-corrected chi connectivity index (χ0v) is 13.2. The average Bonchev–Trinajstić information content (AvgIpc) is 2.87. The largest absolute Gasteiger partial charge is 0.330 e. The summed E-state index contributed by atoms with van der Waals surface area (Å²) in [4.78, 5) is 25.1. The first-order valence-electron chi connectivity index (χ1n) is 5.75. The van der Waals surface area contributed by atoms with Gasteiger partial charge in [-0.3, -0.25) is 9.59 Å². The van der Waals surface area contributed by atoms with E-state index in [0.29, 0.717) is 10.7 Å². The molecule has 0 bridgehead atoms. The Bertz CT molecular complexity index is 660. The van der Waals surface area contributed by atoms with Gasteiger partial charge < -0.3 is 10.2 Å². The topological polar surface area (TPSA) is 75.2 Å². The van der Waals surface area contributed by atoms with E-state index in [1.165, 1.54) is 11.9 Å². The number of benzene rings is 1. The van der Waals surface area contributed by atoms with Crippen LogP contribution in [0.5, 0.6) is 0 Å². The molecule has 0 atom stereocenters. The summed E-state index contributed by atoms with van der Waals surface area (Å²) in [5.74, 6) is -0.741. The molecule has 0 saturated carbocycles. The SMILES string of the molecule is CN(CC(=O)Nc1ccc(Cl)cc1)C(=O)c1nnc(Cl)s1. The van der Waals surface area contributed by atoms with Crippen LogP contribution in [0.4, 0.5) is 5.69 Å². The number of rotatable bonds is 4. The summed E-state index contributed by atoms with van der Waals surface area (Å²) >= 11 is 12.3. The molecule has 0 fully saturated rings. The van der Waals surface area contributed by atoms with Crippen molar-refractivity contribution in [3.8, 4) is 0 Å². The first-order chi connectivity index (χ1) is 9.95. The summed E-state index contributed by atoms with van der Waals surface area (Å²) in [6.45, 7) is -0.112. The minimum absolute atomic E-state index is 0.112. The van der Waals surface area contributed by atoms with Gasteiger partial charge in [-0.15, -0.1) is 10.2 Å². The monoisotopic (exact) mass is 344 g/mol. The van der Waals surface area contributed by atoms with Gasteiger partial charge >= 0.3 is 0 Å². The molecule has 110 valence electrons. The van der Waals surface area contributed by atoms with Crippen molar-refractivity contribution in [1.82, 2.24) is 15.1 Å². The first-order valence-corrected chi connectivity index (χ1v) is 7.33. The number of anilines is 1. The lowest BCUT2D eigenvalue weighted by Crippen LogP contribution is -2.34. The molecule has 1 aromatic heterocycles. The highest BCUT2D eigenvalue weighted by molar-refractivity contribution is 7.17. The van der Waals surface area contributed by atoms with Gasteiger partial charge in [0, 0.05) is 17.8 Å². The Morgan fingerprint density at radius 2 is 1.90 bits per heavy atom. The van der Waals surface area contributed by atoms with E-state index in [1.54, 1.807) is 24.3 Å². The van der Waals surface area contributed by atoms with Gasteiger partial charge in [0.2, 0.25) is 15.4 Å². The fourth-order valence-electron chi connectivity index (χ4n) is 1.48. The lowest BCUT2D eigenvalue weighted by atomic mass is 10.3. The van der Waals surface area contributed by atoms with Gasteiger partial charge in [0.05, 0.1) is 6.54 Å². The molecule has 0 aliphatic rings. The van der Waals surface area contributed by atoms with Crippen molar-refractivity contribution >= 4 is 52.0 Å². The predicted octanol–water partition coefficient (Wildman–Crippen LogP) is 2.56. The van der Waals surface area contributed by atoms with Crippen LogP contribution in [0.3, 0.4) is 0 Å². The molecule has 2 rings (SSSR count). The maximum Gasteiger partial charge on any atom is 0.285 e. The summed E-state index contributed by atoms with van der Waals surface area (Å²) in [6.07, 6.45) is 0. The molecular weight excluding hydrogens is 335 g/mol. The maximum atomic E-state index is 12.0. The highest BCUT2D eigenvalue weighted by Crippen LogP contribution is 2.16. The van der Waals surface area contributed by atoms with E-state index < -0.39 is 5.91 Å². The zero-order chi connectivity index (χ0) is 15.4. The smallest absolute Gasteiger partial charge is 0.285 e. The molecule has 0 radical (unpaired) electrons. The number of hydrogen-bond donors (Lipinski definition) is 1. The number of carbonyl (C=O) groups excluding carboxylic acids is 2. The van der Waals surface area contributed by atoms with Gasteiger partial charge in [0.25, 0.3) is 5.91 Å². The quantitative estimate of drug-likeness (QED) is 0.924. The number of nitrogens with zero attached hydrogens (tertiary/aromatic N) is 3. The Balaban J connectivity index is 1.92. The number of hydrogen-bond acceptors (Lipinski definition) is 5. The fourth-order valence-corrected chi connectivity index (χ4v) is 2.42. The number of amides is 2. The van der Waals surface area contributed by atoms with Crippen LogP contribution in [0, 0.1) is 0 Å². The zero-order valence-electron chi connectivity index (χ0n) is 10.8. The standard InChI is InChI=1S/C12H10Cl2N4O2S/c1-18(11(20)10-16-17-12(14)21-10)6-9(19)15-8-4-2-7(13)3-5-8/h2-5H,6H2,1H3,(H,15,19). The number of nitrogens with one attached hydrogen (secondary N) is 1. The second-order valence-electron chi connectivity index (χ2n) is 4.08. The third-order valence-corrected chi connectivity index (χ3v) is 3.70. The summed E-state index contributed by atoms with van der Waals surface area (Å²) in [5, 5.41) is 10.6. The molecule has 21 heavy (non-hydrogen) atoms. The molecule has 0 aliphatic carbocycles. The molecule has 1 heterocycles. The predicted molar refractivity (Wildman–Crippen MR) is 82.0 cm³/mol. The van der Waals surface area contributed by atoms with Crippen LogP contribution in [-0.4, -0.2) is 40.5 Å². The van der Waals surface area contributed by atoms with E-state index >= 15 is 0 Å². The minimum atomic E-state index is -0.411. The van der Waals surface area contributed by atoms with Crippen LogP contribution in [0.15, 0.2) is 24.3 Å². The van der Waals surface area contributed by atoms with Crippen molar-refractivity contribution in [3.63, 3.8) is 0 Å². The van der Waals surface area contributed by atoms with Crippen molar-refractivity contribution in [3.05, 3.63) is 38.8 Å². The van der Waals surface area contributed by atoms with Gasteiger partial charge in [0.1, 0.15) is 0 Å². The summed E-state index contributed by atoms with van der Waals surface area (Å²) in [6, 6.07) is 6.67. The lowest BCUT2D eigenvalue weighted by molar-refractivity contribution is -0.116. The fraction of sp³-hybridized carbons (Fsp3) is 0.167. The van der Waals surface area contributed by atoms with Crippen LogP contribution in [-0.2, 0) is 4.79 Å². The Morgan fingerprint density at radius 1 is 1.24 bits per heavy atom. The normalized spacial score (nSPS) is 10.2. The Kier molecular flexibility index (Phi) is 5.11. The van der Waals surface area contributed by atoms with Crippen molar-refractivity contribution in [2.45, 2.75) is 0 Å². The first kappa shape index (κ1) is 15.7. The molecule has 0 unspecified atom stereocenters. The average molecular weight is 345 g/mol. The third kappa shape index (κ3) is 4.38. The molecule has 0 spiro atoms. The third-order valence-electron chi connectivity index (χ3n) is 2.44. The van der Waals surface area contributed by atoms with Crippen LogP contribution in [0.2, 0.25) is 9.49 Å². The van der Waals surface area contributed by atoms with Crippen molar-refractivity contribution in [2.75, 3.05) is 18.9 Å². The Labute approximate surface area is 134 Å². The van der Waals surface area contributed by atoms with Crippen LogP contribution >= 0.6 is 34.5 Å². The van der Waals surface area contributed by atoms with E-state index in [1.807, 2.05) is 0 Å². The number of aromatic nitrogens is 2. The molecule has 6 nitrogen and oxygen atoms in total. The molecule has 0 saturated heterocycles. The second-order valence-corrected chi connectivity index (χ2v) is 6.07. The van der Waals surface area contributed by atoms with E-state index in [9.17, 15) is 9.59 Å². The van der Waals surface area contributed by atoms with Gasteiger partial charge in [-0.1, -0.05) is 22.9 Å². The molecule has 2 amide bonds. The summed E-state index contributed by atoms with van der Waals surface area (Å²) < 4.78 is 0.178. The second kappa shape index (κ2) is 6.84. The van der Waals surface area contributed by atoms with Gasteiger partial charge in [-0.05, 0) is 35.9 Å². The van der Waals surface area contributed by atoms with Gasteiger partial charge in [-0.2, -0.15) is 0 Å². The van der Waals surface area contributed by atoms with Gasteiger partial charge in [0.15, 0.2) is 0 Å². The van der Waals surface area contributed by atoms with E-state index in [2.05, 4.69) is 15.5 Å². The van der Waals surface area contributed by atoms with Crippen LogP contribution in [0.1, 0.15) is 9.80 Å². The highest BCUT2D eigenvalue weighted by Gasteiger charge is 2.19. The highest BCUT2D eigenvalue weighted by atomic mass is 35.5. The molecule has 1 aromatic carbocycles. The number of carbonyl (C=O) groups is 2. The van der Waals surface area contributed by atoms with Gasteiger partial charge in [-0.25, -0.2) is 0 Å². The Morgan fingerprint density at radius 3 is 2.48 bits per heavy atom. The summed E-state index contributed by atoms with van der Waals surface area (Å²) in [7, 11) is 1.50. The van der Waals surface area contributed by atoms with E-state index in [0.717, 1.165) is 11.3 Å². The van der Waals surface area contributed by atoms with Crippen molar-refractivity contribution in [1.29, 1.82) is 0 Å². The maximum absolute atomic E-state index is 12.0. The molecule has 0 aliphatic heterocycles. The summed E-state index contributed by atoms with van der Waals surface area (Å²) in [5.41, 5.74) is 0.601. The lowest BCUT2D eigenvalue weighted by Gasteiger charge is -2.15. The molecule has 1 N–H and O–H groups in total. The van der Waals surface area contributed by atoms with Crippen LogP contribution in [0.25, 0.3) is 0 Å². The van der Waals surface area contributed by atoms with Crippen LogP contribution < -0.4 is 5.32 Å². The number of halogens is 2. The Hall–Kier alpha value is -1.70. The number of likely N-dealkylation sites (N-methyl/N-ethyl adjacent to an activating group) is 1. The van der Waals surface area contributed by atoms with E-state index in [4.69, 9.17) is 23.2 Å². The van der Waals surface area contributed by atoms with Crippen molar-refractivity contribution in [2.24, 2.45) is 0 Å². The molecule has 9 heteroatoms. The van der Waals surface area contributed by atoms with E-state index in [-0.39, 0.29) is 21.9 Å². The molecular formula is C12H10Cl2N4O2S.